The monoisotopic (exact) mass is 281 g/mol. The van der Waals surface area contributed by atoms with Crippen molar-refractivity contribution in [2.45, 2.75) is 33.7 Å². The number of carbonyl (C=O) groups is 1. The van der Waals surface area contributed by atoms with Gasteiger partial charge in [0.2, 0.25) is 5.91 Å². The first kappa shape index (κ1) is 15.3. The lowest BCUT2D eigenvalue weighted by atomic mass is 9.95. The predicted octanol–water partition coefficient (Wildman–Crippen LogP) is 3.94. The first-order valence-electron chi connectivity index (χ1n) is 7.35. The molecule has 2 heteroatoms. The minimum absolute atomic E-state index is 0.0796. The third-order valence-electron chi connectivity index (χ3n) is 3.38. The number of rotatable bonds is 4. The quantitative estimate of drug-likeness (QED) is 0.903. The highest BCUT2D eigenvalue weighted by Crippen LogP contribution is 2.14. The summed E-state index contributed by atoms with van der Waals surface area (Å²) in [6.07, 6.45) is 0.919. The second-order valence-electron chi connectivity index (χ2n) is 6.42. The van der Waals surface area contributed by atoms with Gasteiger partial charge in [-0.15, -0.1) is 0 Å². The van der Waals surface area contributed by atoms with Gasteiger partial charge in [0.25, 0.3) is 0 Å². The van der Waals surface area contributed by atoms with Gasteiger partial charge in [0.05, 0.1) is 0 Å². The molecule has 0 aliphatic rings. The SMILES string of the molecule is CC(C)(C)C(=O)NCc1cccc(Cc2ccccc2)c1. The zero-order chi connectivity index (χ0) is 15.3. The van der Waals surface area contributed by atoms with Gasteiger partial charge in [-0.1, -0.05) is 75.4 Å². The van der Waals surface area contributed by atoms with Gasteiger partial charge in [-0.2, -0.15) is 0 Å². The Morgan fingerprint density at radius 3 is 2.19 bits per heavy atom. The van der Waals surface area contributed by atoms with Crippen molar-refractivity contribution in [3.63, 3.8) is 0 Å². The van der Waals surface area contributed by atoms with Crippen LogP contribution in [0.5, 0.6) is 0 Å². The summed E-state index contributed by atoms with van der Waals surface area (Å²) < 4.78 is 0. The van der Waals surface area contributed by atoms with Crippen LogP contribution in [0.15, 0.2) is 54.6 Å². The summed E-state index contributed by atoms with van der Waals surface area (Å²) in [5.74, 6) is 0.0796. The molecule has 0 spiro atoms. The Morgan fingerprint density at radius 2 is 1.52 bits per heavy atom. The summed E-state index contributed by atoms with van der Waals surface area (Å²) in [5.41, 5.74) is 3.36. The molecule has 2 nitrogen and oxygen atoms in total. The molecule has 0 heterocycles. The molecule has 0 atom stereocenters. The highest BCUT2D eigenvalue weighted by atomic mass is 16.2. The van der Waals surface area contributed by atoms with E-state index in [2.05, 4.69) is 53.8 Å². The molecule has 2 aromatic rings. The first-order valence-corrected chi connectivity index (χ1v) is 7.35. The molecule has 0 fully saturated rings. The van der Waals surface area contributed by atoms with Crippen LogP contribution < -0.4 is 5.32 Å². The van der Waals surface area contributed by atoms with E-state index >= 15 is 0 Å². The number of benzene rings is 2. The topological polar surface area (TPSA) is 29.1 Å². The van der Waals surface area contributed by atoms with Gasteiger partial charge in [0, 0.05) is 12.0 Å². The highest BCUT2D eigenvalue weighted by Gasteiger charge is 2.20. The molecule has 0 saturated carbocycles. The zero-order valence-corrected chi connectivity index (χ0v) is 13.0. The molecule has 0 aliphatic heterocycles. The van der Waals surface area contributed by atoms with E-state index < -0.39 is 0 Å². The number of hydrogen-bond donors (Lipinski definition) is 1. The van der Waals surface area contributed by atoms with Gasteiger partial charge in [0.15, 0.2) is 0 Å². The van der Waals surface area contributed by atoms with Gasteiger partial charge < -0.3 is 5.32 Å². The number of nitrogens with one attached hydrogen (secondary N) is 1. The van der Waals surface area contributed by atoms with Crippen LogP contribution in [0.1, 0.15) is 37.5 Å². The Bertz CT molecular complexity index is 596. The summed E-state index contributed by atoms with van der Waals surface area (Å²) in [6, 6.07) is 18.8. The van der Waals surface area contributed by atoms with Crippen molar-refractivity contribution in [1.82, 2.24) is 5.32 Å². The van der Waals surface area contributed by atoms with Crippen LogP contribution in [0, 0.1) is 5.41 Å². The Hall–Kier alpha value is -2.09. The molecule has 0 unspecified atom stereocenters. The van der Waals surface area contributed by atoms with Crippen LogP contribution in [0.4, 0.5) is 0 Å². The molecule has 110 valence electrons. The molecule has 2 rings (SSSR count). The number of carbonyl (C=O) groups excluding carboxylic acids is 1. The van der Waals surface area contributed by atoms with E-state index in [4.69, 9.17) is 0 Å². The molecule has 1 amide bonds. The van der Waals surface area contributed by atoms with Gasteiger partial charge >= 0.3 is 0 Å². The van der Waals surface area contributed by atoms with Gasteiger partial charge in [0.1, 0.15) is 0 Å². The van der Waals surface area contributed by atoms with Crippen molar-refractivity contribution >= 4 is 5.91 Å². The Kier molecular flexibility index (Phi) is 4.79. The van der Waals surface area contributed by atoms with E-state index in [1.807, 2.05) is 26.8 Å². The molecule has 0 radical (unpaired) electrons. The lowest BCUT2D eigenvalue weighted by Crippen LogP contribution is -2.34. The van der Waals surface area contributed by atoms with E-state index in [0.29, 0.717) is 6.54 Å². The van der Waals surface area contributed by atoms with Gasteiger partial charge in [-0.25, -0.2) is 0 Å². The lowest BCUT2D eigenvalue weighted by molar-refractivity contribution is -0.128. The molecule has 0 aromatic heterocycles. The maximum Gasteiger partial charge on any atom is 0.225 e. The van der Waals surface area contributed by atoms with Crippen molar-refractivity contribution in [1.29, 1.82) is 0 Å². The van der Waals surface area contributed by atoms with Crippen molar-refractivity contribution in [2.24, 2.45) is 5.41 Å². The van der Waals surface area contributed by atoms with Crippen LogP contribution in [0.25, 0.3) is 0 Å². The molecular weight excluding hydrogens is 258 g/mol. The summed E-state index contributed by atoms with van der Waals surface area (Å²) >= 11 is 0. The fraction of sp³-hybridized carbons (Fsp3) is 0.316. The molecule has 0 saturated heterocycles. The zero-order valence-electron chi connectivity index (χ0n) is 13.0. The van der Waals surface area contributed by atoms with E-state index in [-0.39, 0.29) is 11.3 Å². The largest absolute Gasteiger partial charge is 0.352 e. The Morgan fingerprint density at radius 1 is 0.905 bits per heavy atom. The second-order valence-corrected chi connectivity index (χ2v) is 6.42. The third-order valence-corrected chi connectivity index (χ3v) is 3.38. The van der Waals surface area contributed by atoms with E-state index in [9.17, 15) is 4.79 Å². The van der Waals surface area contributed by atoms with Crippen molar-refractivity contribution in [3.8, 4) is 0 Å². The molecule has 21 heavy (non-hydrogen) atoms. The third kappa shape index (κ3) is 4.75. The fourth-order valence-corrected chi connectivity index (χ4v) is 2.13. The summed E-state index contributed by atoms with van der Waals surface area (Å²) in [5, 5.41) is 2.99. The van der Waals surface area contributed by atoms with Crippen LogP contribution in [0.2, 0.25) is 0 Å². The average Bonchev–Trinajstić information content (AvgIpc) is 2.45. The Labute approximate surface area is 127 Å². The lowest BCUT2D eigenvalue weighted by Gasteiger charge is -2.17. The minimum atomic E-state index is -0.346. The number of amides is 1. The van der Waals surface area contributed by atoms with Crippen LogP contribution in [-0.2, 0) is 17.8 Å². The number of hydrogen-bond acceptors (Lipinski definition) is 1. The average molecular weight is 281 g/mol. The highest BCUT2D eigenvalue weighted by molar-refractivity contribution is 5.81. The van der Waals surface area contributed by atoms with Crippen LogP contribution in [-0.4, -0.2) is 5.91 Å². The predicted molar refractivity (Wildman–Crippen MR) is 87.0 cm³/mol. The van der Waals surface area contributed by atoms with Crippen LogP contribution in [0.3, 0.4) is 0 Å². The van der Waals surface area contributed by atoms with Crippen molar-refractivity contribution in [3.05, 3.63) is 71.3 Å². The fourth-order valence-electron chi connectivity index (χ4n) is 2.13. The smallest absolute Gasteiger partial charge is 0.225 e. The summed E-state index contributed by atoms with van der Waals surface area (Å²) in [6.45, 7) is 6.36. The molecule has 1 N–H and O–H groups in total. The van der Waals surface area contributed by atoms with Gasteiger partial charge in [-0.05, 0) is 23.1 Å². The van der Waals surface area contributed by atoms with Crippen LogP contribution >= 0.6 is 0 Å². The molecule has 0 bridgehead atoms. The molecular formula is C19H23NO. The summed E-state index contributed by atoms with van der Waals surface area (Å²) in [4.78, 5) is 11.9. The maximum absolute atomic E-state index is 11.9. The van der Waals surface area contributed by atoms with Crippen molar-refractivity contribution in [2.75, 3.05) is 0 Å². The molecule has 2 aromatic carbocycles. The van der Waals surface area contributed by atoms with E-state index in [0.717, 1.165) is 12.0 Å². The van der Waals surface area contributed by atoms with E-state index in [1.54, 1.807) is 0 Å². The standard InChI is InChI=1S/C19H23NO/c1-19(2,3)18(21)20-14-17-11-7-10-16(13-17)12-15-8-5-4-6-9-15/h4-11,13H,12,14H2,1-3H3,(H,20,21). The minimum Gasteiger partial charge on any atom is -0.352 e. The van der Waals surface area contributed by atoms with E-state index in [1.165, 1.54) is 11.1 Å². The van der Waals surface area contributed by atoms with Gasteiger partial charge in [-0.3, -0.25) is 4.79 Å². The summed E-state index contributed by atoms with van der Waals surface area (Å²) in [7, 11) is 0. The normalized spacial score (nSPS) is 11.2. The Balaban J connectivity index is 2.00. The maximum atomic E-state index is 11.9. The van der Waals surface area contributed by atoms with Crippen molar-refractivity contribution < 1.29 is 4.79 Å². The first-order chi connectivity index (χ1) is 9.95. The molecule has 0 aliphatic carbocycles. The second kappa shape index (κ2) is 6.57.